The van der Waals surface area contributed by atoms with Crippen molar-refractivity contribution >= 4 is 23.2 Å². The number of amides is 2. The highest BCUT2D eigenvalue weighted by Crippen LogP contribution is 2.33. The molecule has 2 N–H and O–H groups in total. The van der Waals surface area contributed by atoms with Crippen molar-refractivity contribution in [3.8, 4) is 0 Å². The third-order valence-corrected chi connectivity index (χ3v) is 6.32. The van der Waals surface area contributed by atoms with Gasteiger partial charge in [0.05, 0.1) is 29.3 Å². The molecular weight excluding hydrogens is 419 g/mol. The van der Waals surface area contributed by atoms with Gasteiger partial charge in [-0.05, 0) is 29.8 Å². The summed E-state index contributed by atoms with van der Waals surface area (Å²) >= 11 is 0. The second kappa shape index (κ2) is 9.13. The standard InChI is InChI=1S/C26H25FN4O2/c27-22-13-7-8-14-23(22)28-25(32)20-16-30(15-18-9-3-1-4-10-18)17-21-24(20)29-31(26(21)33)19-11-5-2-6-12-19/h1-14,20-21,24,29H,15-17H2,(H,28,32). The van der Waals surface area contributed by atoms with Crippen molar-refractivity contribution in [3.63, 3.8) is 0 Å². The van der Waals surface area contributed by atoms with E-state index in [0.717, 1.165) is 11.3 Å². The van der Waals surface area contributed by atoms with E-state index >= 15 is 0 Å². The van der Waals surface area contributed by atoms with Crippen LogP contribution in [0.4, 0.5) is 15.8 Å². The van der Waals surface area contributed by atoms with E-state index in [9.17, 15) is 14.0 Å². The van der Waals surface area contributed by atoms with Crippen molar-refractivity contribution in [2.24, 2.45) is 11.8 Å². The van der Waals surface area contributed by atoms with Gasteiger partial charge in [-0.2, -0.15) is 0 Å². The molecule has 2 fully saturated rings. The van der Waals surface area contributed by atoms with Crippen molar-refractivity contribution in [1.82, 2.24) is 10.3 Å². The summed E-state index contributed by atoms with van der Waals surface area (Å²) in [5, 5.41) is 4.28. The van der Waals surface area contributed by atoms with Gasteiger partial charge in [0, 0.05) is 19.6 Å². The number of nitrogens with zero attached hydrogens (tertiary/aromatic N) is 2. The summed E-state index contributed by atoms with van der Waals surface area (Å²) in [4.78, 5) is 28.8. The highest BCUT2D eigenvalue weighted by atomic mass is 19.1. The fourth-order valence-corrected chi connectivity index (χ4v) is 4.71. The van der Waals surface area contributed by atoms with Gasteiger partial charge in [0.15, 0.2) is 0 Å². The highest BCUT2D eigenvalue weighted by molar-refractivity contribution is 6.00. The summed E-state index contributed by atoms with van der Waals surface area (Å²) in [5.74, 6) is -1.78. The molecule has 0 radical (unpaired) electrons. The Balaban J connectivity index is 1.42. The number of para-hydroxylation sites is 2. The Hall–Kier alpha value is -3.55. The average molecular weight is 445 g/mol. The zero-order chi connectivity index (χ0) is 22.8. The summed E-state index contributed by atoms with van der Waals surface area (Å²) < 4.78 is 14.2. The number of piperidine rings is 1. The Kier molecular flexibility index (Phi) is 5.90. The topological polar surface area (TPSA) is 64.7 Å². The minimum atomic E-state index is -0.537. The molecule has 5 rings (SSSR count). The summed E-state index contributed by atoms with van der Waals surface area (Å²) in [6, 6.07) is 25.1. The molecule has 2 amide bonds. The third-order valence-electron chi connectivity index (χ3n) is 6.32. The molecule has 2 heterocycles. The van der Waals surface area contributed by atoms with Crippen LogP contribution in [0.3, 0.4) is 0 Å². The van der Waals surface area contributed by atoms with Crippen LogP contribution in [0.2, 0.25) is 0 Å². The maximum absolute atomic E-state index is 14.2. The van der Waals surface area contributed by atoms with Crippen molar-refractivity contribution < 1.29 is 14.0 Å². The lowest BCUT2D eigenvalue weighted by Crippen LogP contribution is -2.55. The van der Waals surface area contributed by atoms with Crippen LogP contribution in [-0.4, -0.2) is 35.8 Å². The molecule has 7 heteroatoms. The van der Waals surface area contributed by atoms with Crippen LogP contribution >= 0.6 is 0 Å². The van der Waals surface area contributed by atoms with E-state index in [1.807, 2.05) is 60.7 Å². The molecular formula is C26H25FN4O2. The number of benzene rings is 3. The normalized spacial score (nSPS) is 22.8. The minimum absolute atomic E-state index is 0.0624. The van der Waals surface area contributed by atoms with E-state index < -0.39 is 11.7 Å². The molecule has 3 unspecified atom stereocenters. The summed E-state index contributed by atoms with van der Waals surface area (Å²) in [7, 11) is 0. The first-order valence-electron chi connectivity index (χ1n) is 11.1. The fourth-order valence-electron chi connectivity index (χ4n) is 4.71. The van der Waals surface area contributed by atoms with Gasteiger partial charge >= 0.3 is 0 Å². The van der Waals surface area contributed by atoms with Crippen molar-refractivity contribution in [2.45, 2.75) is 12.6 Å². The number of hydrazine groups is 1. The number of rotatable bonds is 5. The van der Waals surface area contributed by atoms with Gasteiger partial charge in [-0.3, -0.25) is 14.5 Å². The van der Waals surface area contributed by atoms with Gasteiger partial charge in [0.25, 0.3) is 0 Å². The Bertz CT molecular complexity index is 1140. The van der Waals surface area contributed by atoms with E-state index in [1.165, 1.54) is 6.07 Å². The SMILES string of the molecule is O=C(Nc1ccccc1F)C1CN(Cc2ccccc2)CC2C(=O)N(c3ccccc3)NC12. The molecule has 0 bridgehead atoms. The van der Waals surface area contributed by atoms with E-state index in [-0.39, 0.29) is 29.5 Å². The van der Waals surface area contributed by atoms with Crippen LogP contribution < -0.4 is 15.8 Å². The zero-order valence-electron chi connectivity index (χ0n) is 18.0. The molecule has 3 aromatic rings. The predicted octanol–water partition coefficient (Wildman–Crippen LogP) is 3.43. The second-order valence-corrected chi connectivity index (χ2v) is 8.53. The number of carbonyl (C=O) groups is 2. The lowest BCUT2D eigenvalue weighted by atomic mass is 9.83. The molecule has 2 saturated heterocycles. The monoisotopic (exact) mass is 444 g/mol. The third kappa shape index (κ3) is 4.37. The summed E-state index contributed by atoms with van der Waals surface area (Å²) in [6.07, 6.45) is 0. The van der Waals surface area contributed by atoms with Gasteiger partial charge in [-0.15, -0.1) is 0 Å². The summed E-state index contributed by atoms with van der Waals surface area (Å²) in [5.41, 5.74) is 5.27. The van der Waals surface area contributed by atoms with E-state index in [4.69, 9.17) is 0 Å². The van der Waals surface area contributed by atoms with Gasteiger partial charge in [0.1, 0.15) is 5.82 Å². The molecule has 0 aliphatic carbocycles. The molecule has 0 aromatic heterocycles. The van der Waals surface area contributed by atoms with Crippen LogP contribution in [0.5, 0.6) is 0 Å². The molecule has 33 heavy (non-hydrogen) atoms. The molecule has 3 atom stereocenters. The number of halogens is 1. The lowest BCUT2D eigenvalue weighted by Gasteiger charge is -2.38. The number of nitrogens with one attached hydrogen (secondary N) is 2. The van der Waals surface area contributed by atoms with Gasteiger partial charge in [0.2, 0.25) is 11.8 Å². The average Bonchev–Trinajstić information content (AvgIpc) is 3.17. The summed E-state index contributed by atoms with van der Waals surface area (Å²) in [6.45, 7) is 1.63. The number of likely N-dealkylation sites (tertiary alicyclic amines) is 1. The number of hydrogen-bond donors (Lipinski definition) is 2. The van der Waals surface area contributed by atoms with Crippen LogP contribution in [0.25, 0.3) is 0 Å². The number of fused-ring (bicyclic) bond motifs is 1. The van der Waals surface area contributed by atoms with E-state index in [1.54, 1.807) is 23.2 Å². The number of hydrogen-bond acceptors (Lipinski definition) is 4. The van der Waals surface area contributed by atoms with Gasteiger partial charge in [-0.1, -0.05) is 60.7 Å². The smallest absolute Gasteiger partial charge is 0.247 e. The lowest BCUT2D eigenvalue weighted by molar-refractivity contribution is -0.126. The number of anilines is 2. The molecule has 0 saturated carbocycles. The molecule has 6 nitrogen and oxygen atoms in total. The molecule has 3 aromatic carbocycles. The Labute approximate surface area is 192 Å². The molecule has 2 aliphatic heterocycles. The fraction of sp³-hybridized carbons (Fsp3) is 0.231. The van der Waals surface area contributed by atoms with Crippen LogP contribution in [0, 0.1) is 17.7 Å². The molecule has 2 aliphatic rings. The van der Waals surface area contributed by atoms with E-state index in [2.05, 4.69) is 15.6 Å². The van der Waals surface area contributed by atoms with Crippen molar-refractivity contribution in [3.05, 3.63) is 96.3 Å². The Morgan fingerprint density at radius 2 is 1.61 bits per heavy atom. The highest BCUT2D eigenvalue weighted by Gasteiger charge is 2.50. The quantitative estimate of drug-likeness (QED) is 0.633. The van der Waals surface area contributed by atoms with Gasteiger partial charge in [-0.25, -0.2) is 14.8 Å². The van der Waals surface area contributed by atoms with Gasteiger partial charge < -0.3 is 5.32 Å². The van der Waals surface area contributed by atoms with Crippen LogP contribution in [-0.2, 0) is 16.1 Å². The van der Waals surface area contributed by atoms with E-state index in [0.29, 0.717) is 19.6 Å². The van der Waals surface area contributed by atoms with Crippen LogP contribution in [0.15, 0.2) is 84.9 Å². The second-order valence-electron chi connectivity index (χ2n) is 8.53. The first-order chi connectivity index (χ1) is 16.1. The van der Waals surface area contributed by atoms with Crippen LogP contribution in [0.1, 0.15) is 5.56 Å². The Morgan fingerprint density at radius 1 is 0.939 bits per heavy atom. The Morgan fingerprint density at radius 3 is 2.33 bits per heavy atom. The number of carbonyl (C=O) groups excluding carboxylic acids is 2. The minimum Gasteiger partial charge on any atom is -0.323 e. The first-order valence-corrected chi connectivity index (χ1v) is 11.1. The maximum Gasteiger partial charge on any atom is 0.247 e. The van der Waals surface area contributed by atoms with Crippen molar-refractivity contribution in [1.29, 1.82) is 0 Å². The van der Waals surface area contributed by atoms with Crippen molar-refractivity contribution in [2.75, 3.05) is 23.4 Å². The largest absolute Gasteiger partial charge is 0.323 e. The zero-order valence-corrected chi connectivity index (χ0v) is 18.0. The first kappa shape index (κ1) is 21.3. The predicted molar refractivity (Wildman–Crippen MR) is 125 cm³/mol. The molecule has 168 valence electrons. The maximum atomic E-state index is 14.2. The molecule has 0 spiro atoms.